The van der Waals surface area contributed by atoms with Gasteiger partial charge in [-0.1, -0.05) is 125 Å². The summed E-state index contributed by atoms with van der Waals surface area (Å²) in [4.78, 5) is 0.286. The zero-order valence-electron chi connectivity index (χ0n) is 19.5. The van der Waals surface area contributed by atoms with E-state index in [1.807, 2.05) is 36.4 Å². The molecular formula is C26H35N3O2S2. The highest BCUT2D eigenvalue weighted by molar-refractivity contribution is 7.93. The molecule has 0 aliphatic rings. The largest absolute Gasteiger partial charge is 0.266 e. The van der Waals surface area contributed by atoms with E-state index >= 15 is 0 Å². The van der Waals surface area contributed by atoms with Gasteiger partial charge in [0, 0.05) is 12.1 Å². The normalized spacial score (nSPS) is 11.5. The van der Waals surface area contributed by atoms with Gasteiger partial charge in [-0.05, 0) is 18.6 Å². The van der Waals surface area contributed by atoms with Gasteiger partial charge in [0.15, 0.2) is 0 Å². The number of sulfonamides is 1. The van der Waals surface area contributed by atoms with E-state index in [2.05, 4.69) is 17.1 Å². The highest BCUT2D eigenvalue weighted by Crippen LogP contribution is 2.32. The van der Waals surface area contributed by atoms with Crippen molar-refractivity contribution in [2.75, 3.05) is 10.8 Å². The zero-order chi connectivity index (χ0) is 23.4. The van der Waals surface area contributed by atoms with Crippen molar-refractivity contribution < 1.29 is 8.42 Å². The average molecular weight is 486 g/mol. The van der Waals surface area contributed by atoms with Crippen LogP contribution in [-0.2, 0) is 10.0 Å². The maximum absolute atomic E-state index is 13.4. The molecule has 0 amide bonds. The molecule has 0 saturated heterocycles. The Balaban J connectivity index is 1.62. The number of rotatable bonds is 15. The Kier molecular flexibility index (Phi) is 10.3. The van der Waals surface area contributed by atoms with Gasteiger partial charge >= 0.3 is 0 Å². The number of benzene rings is 2. The minimum absolute atomic E-state index is 0.286. The molecule has 0 radical (unpaired) electrons. The van der Waals surface area contributed by atoms with Crippen molar-refractivity contribution in [3.63, 3.8) is 0 Å². The molecule has 0 aliphatic heterocycles. The second kappa shape index (κ2) is 13.5. The Morgan fingerprint density at radius 2 is 1.27 bits per heavy atom. The van der Waals surface area contributed by atoms with Gasteiger partial charge in [0.05, 0.1) is 4.90 Å². The first kappa shape index (κ1) is 25.4. The molecule has 2 aromatic carbocycles. The summed E-state index contributed by atoms with van der Waals surface area (Å²) >= 11 is 1.32. The summed E-state index contributed by atoms with van der Waals surface area (Å²) in [5.41, 5.74) is 0.942. The minimum Gasteiger partial charge on any atom is -0.240 e. The highest BCUT2D eigenvalue weighted by Gasteiger charge is 2.27. The van der Waals surface area contributed by atoms with Gasteiger partial charge in [0.1, 0.15) is 5.01 Å². The van der Waals surface area contributed by atoms with Crippen LogP contribution in [-0.4, -0.2) is 25.2 Å². The Labute approximate surface area is 202 Å². The number of unbranched alkanes of at least 4 members (excludes halogenated alkanes) is 9. The van der Waals surface area contributed by atoms with Gasteiger partial charge in [-0.15, -0.1) is 10.2 Å². The van der Waals surface area contributed by atoms with Crippen LogP contribution in [0.2, 0.25) is 0 Å². The van der Waals surface area contributed by atoms with Crippen molar-refractivity contribution in [1.29, 1.82) is 0 Å². The molecule has 3 aromatic rings. The van der Waals surface area contributed by atoms with E-state index < -0.39 is 10.0 Å². The SMILES string of the molecule is CCCCCCCCCCCCN(c1nnc(-c2ccccc2)s1)S(=O)(=O)c1ccccc1. The van der Waals surface area contributed by atoms with Gasteiger partial charge in [0.2, 0.25) is 5.13 Å². The van der Waals surface area contributed by atoms with E-state index in [9.17, 15) is 8.42 Å². The third-order valence-corrected chi connectivity index (χ3v) is 8.61. The molecule has 5 nitrogen and oxygen atoms in total. The molecule has 0 N–H and O–H groups in total. The maximum atomic E-state index is 13.4. The Bertz CT molecular complexity index is 1040. The minimum atomic E-state index is -3.69. The molecular weight excluding hydrogens is 450 g/mol. The van der Waals surface area contributed by atoms with Crippen LogP contribution in [0.1, 0.15) is 71.1 Å². The first-order valence-corrected chi connectivity index (χ1v) is 14.4. The number of nitrogens with zero attached hydrogens (tertiary/aromatic N) is 3. The Morgan fingerprint density at radius 1 is 0.727 bits per heavy atom. The van der Waals surface area contributed by atoms with E-state index in [4.69, 9.17) is 0 Å². The van der Waals surface area contributed by atoms with E-state index in [1.165, 1.54) is 60.6 Å². The first-order valence-electron chi connectivity index (χ1n) is 12.1. The highest BCUT2D eigenvalue weighted by atomic mass is 32.2. The molecule has 33 heavy (non-hydrogen) atoms. The quantitative estimate of drug-likeness (QED) is 0.212. The Morgan fingerprint density at radius 3 is 1.88 bits per heavy atom. The molecule has 0 bridgehead atoms. The zero-order valence-corrected chi connectivity index (χ0v) is 21.2. The van der Waals surface area contributed by atoms with Crippen LogP contribution in [0.25, 0.3) is 10.6 Å². The molecule has 178 valence electrons. The fraction of sp³-hybridized carbons (Fsp3) is 0.462. The summed E-state index contributed by atoms with van der Waals surface area (Å²) in [5, 5.41) is 9.69. The lowest BCUT2D eigenvalue weighted by atomic mass is 10.1. The van der Waals surface area contributed by atoms with Gasteiger partial charge in [0.25, 0.3) is 10.0 Å². The Hall–Kier alpha value is -2.25. The second-order valence-electron chi connectivity index (χ2n) is 8.33. The van der Waals surface area contributed by atoms with E-state index in [0.717, 1.165) is 29.8 Å². The van der Waals surface area contributed by atoms with Crippen molar-refractivity contribution in [3.05, 3.63) is 60.7 Å². The van der Waals surface area contributed by atoms with Crippen LogP contribution in [0, 0.1) is 0 Å². The van der Waals surface area contributed by atoms with E-state index in [-0.39, 0.29) is 4.90 Å². The van der Waals surface area contributed by atoms with Crippen molar-refractivity contribution >= 4 is 26.5 Å². The monoisotopic (exact) mass is 485 g/mol. The number of aromatic nitrogens is 2. The number of anilines is 1. The van der Waals surface area contributed by atoms with Crippen LogP contribution in [0.5, 0.6) is 0 Å². The van der Waals surface area contributed by atoms with Crippen LogP contribution in [0.4, 0.5) is 5.13 Å². The third-order valence-electron chi connectivity index (χ3n) is 5.69. The van der Waals surface area contributed by atoms with Crippen molar-refractivity contribution in [2.45, 2.75) is 76.0 Å². The molecule has 0 saturated carbocycles. The average Bonchev–Trinajstić information content (AvgIpc) is 3.33. The smallest absolute Gasteiger partial charge is 0.240 e. The molecule has 1 aromatic heterocycles. The van der Waals surface area contributed by atoms with Gasteiger partial charge < -0.3 is 0 Å². The van der Waals surface area contributed by atoms with E-state index in [1.54, 1.807) is 24.3 Å². The van der Waals surface area contributed by atoms with Crippen molar-refractivity contribution in [2.24, 2.45) is 0 Å². The molecule has 1 heterocycles. The lowest BCUT2D eigenvalue weighted by molar-refractivity contribution is 0.555. The predicted molar refractivity (Wildman–Crippen MR) is 138 cm³/mol. The van der Waals surface area contributed by atoms with Gasteiger partial charge in [-0.2, -0.15) is 0 Å². The van der Waals surface area contributed by atoms with Gasteiger partial charge in [-0.3, -0.25) is 0 Å². The second-order valence-corrected chi connectivity index (χ2v) is 11.1. The van der Waals surface area contributed by atoms with Crippen LogP contribution in [0.15, 0.2) is 65.6 Å². The van der Waals surface area contributed by atoms with Crippen LogP contribution >= 0.6 is 11.3 Å². The van der Waals surface area contributed by atoms with Crippen molar-refractivity contribution in [3.8, 4) is 10.6 Å². The predicted octanol–water partition coefficient (Wildman–Crippen LogP) is 7.32. The number of hydrogen-bond acceptors (Lipinski definition) is 5. The summed E-state index contributed by atoms with van der Waals surface area (Å²) in [6, 6.07) is 18.4. The standard InChI is InChI=1S/C26H35N3O2S2/c1-2-3-4-5-6-7-8-9-10-17-22-29(33(30,31)24-20-15-12-16-21-24)26-28-27-25(32-26)23-18-13-11-14-19-23/h11-16,18-21H,2-10,17,22H2,1H3. The maximum Gasteiger partial charge on any atom is 0.266 e. The summed E-state index contributed by atoms with van der Waals surface area (Å²) in [5.74, 6) is 0. The van der Waals surface area contributed by atoms with Crippen LogP contribution < -0.4 is 4.31 Å². The molecule has 0 fully saturated rings. The topological polar surface area (TPSA) is 63.2 Å². The van der Waals surface area contributed by atoms with Gasteiger partial charge in [-0.25, -0.2) is 12.7 Å². The van der Waals surface area contributed by atoms with E-state index in [0.29, 0.717) is 11.7 Å². The lowest BCUT2D eigenvalue weighted by Gasteiger charge is -2.21. The number of hydrogen-bond donors (Lipinski definition) is 0. The van der Waals surface area contributed by atoms with Crippen LogP contribution in [0.3, 0.4) is 0 Å². The first-order chi connectivity index (χ1) is 16.1. The van der Waals surface area contributed by atoms with Crippen molar-refractivity contribution in [1.82, 2.24) is 10.2 Å². The molecule has 7 heteroatoms. The summed E-state index contributed by atoms with van der Waals surface area (Å²) in [6.45, 7) is 2.66. The third kappa shape index (κ3) is 7.64. The molecule has 0 spiro atoms. The summed E-state index contributed by atoms with van der Waals surface area (Å²) in [7, 11) is -3.69. The molecule has 0 aliphatic carbocycles. The molecule has 0 unspecified atom stereocenters. The fourth-order valence-electron chi connectivity index (χ4n) is 3.79. The summed E-state index contributed by atoms with van der Waals surface area (Å²) in [6.07, 6.45) is 12.0. The fourth-order valence-corrected chi connectivity index (χ4v) is 6.35. The molecule has 0 atom stereocenters. The lowest BCUT2D eigenvalue weighted by Crippen LogP contribution is -2.32. The summed E-state index contributed by atoms with van der Waals surface area (Å²) < 4.78 is 28.3. The molecule has 3 rings (SSSR count).